The van der Waals surface area contributed by atoms with E-state index in [4.69, 9.17) is 18.0 Å². The molecule has 18 heavy (non-hydrogen) atoms. The van der Waals surface area contributed by atoms with Crippen molar-refractivity contribution in [3.05, 3.63) is 0 Å². The maximum absolute atomic E-state index is 11.5. The van der Waals surface area contributed by atoms with E-state index in [9.17, 15) is 4.79 Å². The van der Waals surface area contributed by atoms with Crippen molar-refractivity contribution >= 4 is 23.2 Å². The number of carbonyl (C=O) groups is 1. The van der Waals surface area contributed by atoms with Crippen molar-refractivity contribution < 1.29 is 4.79 Å². The summed E-state index contributed by atoms with van der Waals surface area (Å²) in [5.74, 6) is 0. The Morgan fingerprint density at radius 1 is 1.50 bits per heavy atom. The van der Waals surface area contributed by atoms with Gasteiger partial charge in [-0.25, -0.2) is 4.79 Å². The second-order valence-corrected chi connectivity index (χ2v) is 5.62. The molecule has 1 saturated carbocycles. The van der Waals surface area contributed by atoms with Crippen LogP contribution in [0, 0.1) is 0 Å². The Morgan fingerprint density at radius 2 is 2.22 bits per heavy atom. The van der Waals surface area contributed by atoms with E-state index in [-0.39, 0.29) is 6.03 Å². The number of hydrogen-bond acceptors (Lipinski definition) is 3. The molecule has 1 aliphatic heterocycles. The first-order valence-corrected chi connectivity index (χ1v) is 7.13. The van der Waals surface area contributed by atoms with E-state index >= 15 is 0 Å². The normalized spacial score (nSPS) is 20.7. The van der Waals surface area contributed by atoms with Crippen molar-refractivity contribution in [2.45, 2.75) is 31.7 Å². The summed E-state index contributed by atoms with van der Waals surface area (Å²) in [6, 6.07) is 0.647. The Morgan fingerprint density at radius 3 is 2.78 bits per heavy atom. The molecule has 0 aromatic heterocycles. The summed E-state index contributed by atoms with van der Waals surface area (Å²) in [6.07, 6.45) is 5.05. The maximum Gasteiger partial charge on any atom is 0.317 e. The number of nitrogens with two attached hydrogens (primary N) is 1. The van der Waals surface area contributed by atoms with Gasteiger partial charge in [0.15, 0.2) is 0 Å². The molecule has 2 aliphatic rings. The van der Waals surface area contributed by atoms with Crippen molar-refractivity contribution in [1.82, 2.24) is 15.1 Å². The Bertz CT molecular complexity index is 317. The summed E-state index contributed by atoms with van der Waals surface area (Å²) in [4.78, 5) is 16.2. The molecular formula is C12H22N4OS. The molecule has 0 radical (unpaired) electrons. The third kappa shape index (κ3) is 3.55. The van der Waals surface area contributed by atoms with Gasteiger partial charge < -0.3 is 16.0 Å². The topological polar surface area (TPSA) is 61.6 Å². The first-order chi connectivity index (χ1) is 8.66. The number of nitrogens with one attached hydrogen (secondary N) is 1. The van der Waals surface area contributed by atoms with E-state index in [1.54, 1.807) is 0 Å². The fourth-order valence-corrected chi connectivity index (χ4v) is 3.00. The smallest absolute Gasteiger partial charge is 0.317 e. The molecule has 102 valence electrons. The molecule has 0 aromatic rings. The van der Waals surface area contributed by atoms with E-state index in [0.29, 0.717) is 17.6 Å². The van der Waals surface area contributed by atoms with Crippen molar-refractivity contribution in [2.75, 3.05) is 32.7 Å². The van der Waals surface area contributed by atoms with E-state index in [1.165, 1.54) is 25.7 Å². The lowest BCUT2D eigenvalue weighted by molar-refractivity contribution is 0.186. The summed E-state index contributed by atoms with van der Waals surface area (Å²) in [7, 11) is 0. The van der Waals surface area contributed by atoms with Crippen LogP contribution >= 0.6 is 12.2 Å². The minimum Gasteiger partial charge on any atom is -0.392 e. The minimum atomic E-state index is 0.0525. The van der Waals surface area contributed by atoms with Gasteiger partial charge in [-0.1, -0.05) is 25.1 Å². The van der Waals surface area contributed by atoms with Crippen LogP contribution in [0.15, 0.2) is 0 Å². The van der Waals surface area contributed by atoms with Gasteiger partial charge in [0.2, 0.25) is 0 Å². The zero-order chi connectivity index (χ0) is 13.0. The lowest BCUT2D eigenvalue weighted by Gasteiger charge is -2.29. The third-order valence-corrected chi connectivity index (χ3v) is 3.93. The zero-order valence-electron chi connectivity index (χ0n) is 10.7. The van der Waals surface area contributed by atoms with E-state index in [0.717, 1.165) is 26.2 Å². The van der Waals surface area contributed by atoms with Crippen LogP contribution in [0.1, 0.15) is 25.7 Å². The second kappa shape index (κ2) is 6.33. The first-order valence-electron chi connectivity index (χ1n) is 6.72. The van der Waals surface area contributed by atoms with E-state index in [2.05, 4.69) is 10.2 Å². The summed E-state index contributed by atoms with van der Waals surface area (Å²) < 4.78 is 0. The van der Waals surface area contributed by atoms with Crippen LogP contribution in [0.2, 0.25) is 0 Å². The number of hydrogen-bond donors (Lipinski definition) is 2. The molecule has 0 spiro atoms. The lowest BCUT2D eigenvalue weighted by atomic mass is 10.2. The highest BCUT2D eigenvalue weighted by Gasteiger charge is 2.25. The van der Waals surface area contributed by atoms with Crippen LogP contribution in [0.4, 0.5) is 4.79 Å². The molecule has 6 heteroatoms. The number of amides is 2. The standard InChI is InChI=1S/C12H22N4OS/c13-11(18)9-16(10-3-1-2-4-10)8-7-15-6-5-14-12(15)17/h10H,1-9H2,(H2,13,18)(H,14,17). The fraction of sp³-hybridized carbons (Fsp3) is 0.833. The van der Waals surface area contributed by atoms with Gasteiger partial charge in [0.25, 0.3) is 0 Å². The number of rotatable bonds is 6. The zero-order valence-corrected chi connectivity index (χ0v) is 11.5. The van der Waals surface area contributed by atoms with Crippen LogP contribution in [0.3, 0.4) is 0 Å². The van der Waals surface area contributed by atoms with E-state index < -0.39 is 0 Å². The van der Waals surface area contributed by atoms with Gasteiger partial charge in [0.1, 0.15) is 0 Å². The molecular weight excluding hydrogens is 248 g/mol. The van der Waals surface area contributed by atoms with Gasteiger partial charge in [-0.15, -0.1) is 0 Å². The molecule has 3 N–H and O–H groups in total. The number of urea groups is 1. The van der Waals surface area contributed by atoms with Crippen molar-refractivity contribution in [1.29, 1.82) is 0 Å². The molecule has 2 fully saturated rings. The van der Waals surface area contributed by atoms with E-state index in [1.807, 2.05) is 4.90 Å². The fourth-order valence-electron chi connectivity index (χ4n) is 2.83. The Balaban J connectivity index is 1.84. The molecule has 0 aromatic carbocycles. The third-order valence-electron chi connectivity index (χ3n) is 3.80. The van der Waals surface area contributed by atoms with Crippen LogP contribution in [-0.4, -0.2) is 59.6 Å². The summed E-state index contributed by atoms with van der Waals surface area (Å²) in [5, 5.41) is 2.82. The highest BCUT2D eigenvalue weighted by molar-refractivity contribution is 7.80. The molecule has 1 heterocycles. The Labute approximate surface area is 114 Å². The molecule has 1 saturated heterocycles. The predicted octanol–water partition coefficient (Wildman–Crippen LogP) is 0.542. The molecule has 0 bridgehead atoms. The Kier molecular flexibility index (Phi) is 4.77. The number of carbonyl (C=O) groups excluding carboxylic acids is 1. The van der Waals surface area contributed by atoms with Gasteiger partial charge in [-0.3, -0.25) is 4.90 Å². The molecule has 0 unspecified atom stereocenters. The summed E-state index contributed by atoms with van der Waals surface area (Å²) in [5.41, 5.74) is 5.67. The molecule has 0 atom stereocenters. The predicted molar refractivity (Wildman–Crippen MR) is 75.6 cm³/mol. The van der Waals surface area contributed by atoms with Gasteiger partial charge >= 0.3 is 6.03 Å². The Hall–Kier alpha value is -0.880. The average molecular weight is 270 g/mol. The van der Waals surface area contributed by atoms with Gasteiger partial charge in [-0.05, 0) is 12.8 Å². The largest absolute Gasteiger partial charge is 0.392 e. The monoisotopic (exact) mass is 270 g/mol. The number of thiocarbonyl (C=S) groups is 1. The molecule has 5 nitrogen and oxygen atoms in total. The van der Waals surface area contributed by atoms with Gasteiger partial charge in [0, 0.05) is 38.8 Å². The van der Waals surface area contributed by atoms with Crippen molar-refractivity contribution in [2.24, 2.45) is 5.73 Å². The summed E-state index contributed by atoms with van der Waals surface area (Å²) >= 11 is 5.02. The van der Waals surface area contributed by atoms with Crippen LogP contribution in [0.5, 0.6) is 0 Å². The highest BCUT2D eigenvalue weighted by Crippen LogP contribution is 2.23. The minimum absolute atomic E-state index is 0.0525. The molecule has 2 amide bonds. The van der Waals surface area contributed by atoms with Crippen LogP contribution in [-0.2, 0) is 0 Å². The highest BCUT2D eigenvalue weighted by atomic mass is 32.1. The van der Waals surface area contributed by atoms with Crippen molar-refractivity contribution in [3.8, 4) is 0 Å². The van der Waals surface area contributed by atoms with Gasteiger partial charge in [0.05, 0.1) is 4.99 Å². The van der Waals surface area contributed by atoms with Gasteiger partial charge in [-0.2, -0.15) is 0 Å². The average Bonchev–Trinajstić information content (AvgIpc) is 2.95. The SMILES string of the molecule is NC(=S)CN(CCN1CCNC1=O)C1CCCC1. The second-order valence-electron chi connectivity index (χ2n) is 5.09. The van der Waals surface area contributed by atoms with Crippen LogP contribution < -0.4 is 11.1 Å². The number of nitrogens with zero attached hydrogens (tertiary/aromatic N) is 2. The molecule has 1 aliphatic carbocycles. The first kappa shape index (κ1) is 13.5. The summed E-state index contributed by atoms with van der Waals surface area (Å²) in [6.45, 7) is 3.89. The quantitative estimate of drug-likeness (QED) is 0.692. The maximum atomic E-state index is 11.5. The van der Waals surface area contributed by atoms with Crippen molar-refractivity contribution in [3.63, 3.8) is 0 Å². The lowest BCUT2D eigenvalue weighted by Crippen LogP contribution is -2.44. The molecule has 2 rings (SSSR count). The van der Waals surface area contributed by atoms with Crippen LogP contribution in [0.25, 0.3) is 0 Å².